The van der Waals surface area contributed by atoms with E-state index in [0.29, 0.717) is 0 Å². The first-order valence-corrected chi connectivity index (χ1v) is 21.1. The monoisotopic (exact) mass is 1110 g/mol. The molecule has 6 rings (SSSR count). The molecule has 0 aliphatic heterocycles. The number of benzene rings is 4. The quantitative estimate of drug-likeness (QED) is 0.0781. The van der Waals surface area contributed by atoms with Crippen molar-refractivity contribution in [2.24, 2.45) is 10.8 Å². The maximum Gasteiger partial charge on any atom is 0.200 e. The molecule has 4 aromatic carbocycles. The summed E-state index contributed by atoms with van der Waals surface area (Å²) in [6, 6.07) is 0. The smallest absolute Gasteiger partial charge is 0.200 e. The van der Waals surface area contributed by atoms with Crippen molar-refractivity contribution in [2.45, 2.75) is 69.2 Å². The van der Waals surface area contributed by atoms with Gasteiger partial charge < -0.3 is 0 Å². The van der Waals surface area contributed by atoms with Crippen molar-refractivity contribution in [3.05, 3.63) is 152 Å². The topological polar surface area (TPSA) is 0 Å². The predicted octanol–water partition coefficient (Wildman–Crippen LogP) is 12.2. The minimum Gasteiger partial charge on any atom is -0.207 e. The molecule has 0 radical (unpaired) electrons. The zero-order chi connectivity index (χ0) is 50.7. The van der Waals surface area contributed by atoms with E-state index < -0.39 is 180 Å². The standard InChI is InChI=1S/C24BF20.2C10H15.Gd/c26-5-1(6(27)14(35)21(42)13(5)34)25(2-7(28)15(36)22(43)16(37)8(2)29,3-9(30)17(38)23(44)18(39)10(3)31)4-11(32)19(40)24(45)20(41)12(4)33;2*1-7-6-10(4,5)9(3)8(7)2;/h;2*1-5H3;/q-1;;;+1. The van der Waals surface area contributed by atoms with E-state index in [2.05, 4.69) is 69.2 Å². The zero-order valence-corrected chi connectivity index (χ0v) is 37.8. The van der Waals surface area contributed by atoms with Gasteiger partial charge in [-0.1, -0.05) is 0 Å². The number of allylic oxidation sites excluding steroid dienone is 8. The summed E-state index contributed by atoms with van der Waals surface area (Å²) in [4.78, 5) is 0. The van der Waals surface area contributed by atoms with Crippen LogP contribution in [0.4, 0.5) is 87.8 Å². The average Bonchev–Trinajstić information content (AvgIpc) is 3.50. The fourth-order valence-electron chi connectivity index (χ4n) is 8.39. The maximum absolute atomic E-state index is 15.4. The van der Waals surface area contributed by atoms with Gasteiger partial charge in [-0.15, -0.1) is 21.9 Å². The van der Waals surface area contributed by atoms with E-state index in [-0.39, 0.29) is 10.8 Å². The Morgan fingerprint density at radius 1 is 0.258 bits per heavy atom. The summed E-state index contributed by atoms with van der Waals surface area (Å²) in [5, 5.41) is 0. The predicted molar refractivity (Wildman–Crippen MR) is 199 cm³/mol. The summed E-state index contributed by atoms with van der Waals surface area (Å²) in [6.45, 7) is 23.7. The van der Waals surface area contributed by atoms with Gasteiger partial charge in [0.25, 0.3) is 0 Å². The van der Waals surface area contributed by atoms with Crippen LogP contribution in [0.25, 0.3) is 0 Å². The molecular weight excluding hydrogens is 1080 g/mol. The SMILES string of the molecule is CC1=C(C)C(C)(C)[C]([Gd+][C]2=C(C)C(C)=C(C)C2(C)C)=C1C.Fc1c(F)c(F)c([B-](c2c(F)c(F)c(F)c(F)c2F)(c2c(F)c(F)c(F)c(F)c2F)c2c(F)c(F)c(F)c(F)c2F)c(F)c1F. The Morgan fingerprint density at radius 3 is 0.545 bits per heavy atom. The molecule has 0 spiro atoms. The van der Waals surface area contributed by atoms with Gasteiger partial charge in [0.2, 0.25) is 0 Å². The second-order valence-electron chi connectivity index (χ2n) is 16.5. The molecule has 0 aromatic heterocycles. The molecule has 0 N–H and O–H groups in total. The molecule has 0 saturated carbocycles. The molecule has 0 amide bonds. The summed E-state index contributed by atoms with van der Waals surface area (Å²) < 4.78 is 297. The van der Waals surface area contributed by atoms with E-state index in [0.717, 1.165) is 0 Å². The van der Waals surface area contributed by atoms with Crippen molar-refractivity contribution in [3.63, 3.8) is 0 Å². The van der Waals surface area contributed by atoms with Crippen LogP contribution in [0, 0.1) is 163 Å². The molecule has 2 aliphatic carbocycles. The molecular formula is C44H30BF20Gd. The van der Waals surface area contributed by atoms with Crippen LogP contribution in [0.2, 0.25) is 0 Å². The minimum atomic E-state index is -7.22. The van der Waals surface area contributed by atoms with E-state index in [1.54, 1.807) is 25.0 Å². The van der Waals surface area contributed by atoms with E-state index in [4.69, 9.17) is 0 Å². The Hall–Kier alpha value is -4.17. The summed E-state index contributed by atoms with van der Waals surface area (Å²) in [5.74, 6) is -71.4. The van der Waals surface area contributed by atoms with Gasteiger partial charge in [0.15, 0.2) is 69.8 Å². The molecule has 4 aromatic rings. The van der Waals surface area contributed by atoms with Crippen molar-refractivity contribution >= 4 is 28.0 Å². The largest absolute Gasteiger partial charge is 0.207 e. The van der Waals surface area contributed by atoms with Crippen LogP contribution in [-0.4, -0.2) is 6.15 Å². The number of rotatable bonds is 6. The van der Waals surface area contributed by atoms with Crippen LogP contribution < -0.4 is 21.9 Å². The minimum absolute atomic E-state index is 0.272. The second-order valence-corrected chi connectivity index (χ2v) is 19.3. The number of hydrogen-bond donors (Lipinski definition) is 0. The van der Waals surface area contributed by atoms with Gasteiger partial charge >= 0.3 is 152 Å². The van der Waals surface area contributed by atoms with Gasteiger partial charge in [0.05, 0.1) is 0 Å². The molecule has 0 nitrogen and oxygen atoms in total. The summed E-state index contributed by atoms with van der Waals surface area (Å²) >= 11 is -0.390. The van der Waals surface area contributed by atoms with Gasteiger partial charge in [-0.25, -0.2) is 87.8 Å². The molecule has 357 valence electrons. The van der Waals surface area contributed by atoms with Crippen LogP contribution in [0.15, 0.2) is 36.1 Å². The van der Waals surface area contributed by atoms with E-state index in [1.807, 2.05) is 0 Å². The Morgan fingerprint density at radius 2 is 0.409 bits per heavy atom. The molecule has 0 bridgehead atoms. The summed E-state index contributed by atoms with van der Waals surface area (Å²) in [7, 11) is 0. The molecule has 0 heterocycles. The van der Waals surface area contributed by atoms with Gasteiger partial charge in [0, 0.05) is 0 Å². The van der Waals surface area contributed by atoms with Gasteiger partial charge in [-0.3, -0.25) is 0 Å². The van der Waals surface area contributed by atoms with E-state index in [1.165, 1.54) is 11.1 Å². The van der Waals surface area contributed by atoms with E-state index in [9.17, 15) is 52.7 Å². The maximum atomic E-state index is 15.4. The Balaban J connectivity index is 0.000000324. The molecule has 2 aliphatic rings. The van der Waals surface area contributed by atoms with Crippen molar-refractivity contribution < 1.29 is 124 Å². The van der Waals surface area contributed by atoms with Crippen LogP contribution >= 0.6 is 0 Å². The Labute approximate surface area is 382 Å². The molecule has 0 fully saturated rings. The van der Waals surface area contributed by atoms with Crippen LogP contribution in [0.5, 0.6) is 0 Å². The van der Waals surface area contributed by atoms with Gasteiger partial charge in [-0.05, 0) is 0 Å². The normalized spacial score (nSPS) is 16.1. The zero-order valence-electron chi connectivity index (χ0n) is 35.5. The van der Waals surface area contributed by atoms with Crippen LogP contribution in [-0.2, 0) is 0 Å². The van der Waals surface area contributed by atoms with Crippen molar-refractivity contribution in [1.29, 1.82) is 0 Å². The van der Waals surface area contributed by atoms with Gasteiger partial charge in [0.1, 0.15) is 52.7 Å². The first-order chi connectivity index (χ1) is 30.1. The van der Waals surface area contributed by atoms with Crippen molar-refractivity contribution in [3.8, 4) is 0 Å². The Bertz CT molecular complexity index is 2500. The van der Waals surface area contributed by atoms with Crippen LogP contribution in [0.1, 0.15) is 69.2 Å². The van der Waals surface area contributed by atoms with Crippen LogP contribution in [0.3, 0.4) is 0 Å². The third-order valence-corrected chi connectivity index (χ3v) is 18.4. The van der Waals surface area contributed by atoms with Gasteiger partial charge in [-0.2, -0.15) is 0 Å². The molecule has 0 atom stereocenters. The summed E-state index contributed by atoms with van der Waals surface area (Å²) in [6.07, 6.45) is -7.22. The third-order valence-electron chi connectivity index (χ3n) is 12.7. The first-order valence-electron chi connectivity index (χ1n) is 18.8. The molecule has 66 heavy (non-hydrogen) atoms. The van der Waals surface area contributed by atoms with Crippen molar-refractivity contribution in [2.75, 3.05) is 0 Å². The molecule has 0 saturated heterocycles. The second kappa shape index (κ2) is 17.7. The van der Waals surface area contributed by atoms with E-state index >= 15 is 35.1 Å². The Kier molecular flexibility index (Phi) is 14.2. The summed E-state index contributed by atoms with van der Waals surface area (Å²) in [5.41, 5.74) is -4.37. The third kappa shape index (κ3) is 7.35. The number of hydrogen-bond acceptors (Lipinski definition) is 0. The fourth-order valence-corrected chi connectivity index (χ4v) is 12.9. The average molecular weight is 1110 g/mol. The van der Waals surface area contributed by atoms with Crippen molar-refractivity contribution in [1.82, 2.24) is 0 Å². The number of halogens is 20. The molecule has 22 heteroatoms. The molecule has 0 unspecified atom stereocenters. The first kappa shape index (κ1) is 52.8. The fraction of sp³-hybridized carbons (Fsp3) is 0.273.